The number of rotatable bonds is 10. The second-order valence-electron chi connectivity index (χ2n) is 11.7. The number of nitrogens with zero attached hydrogens (tertiary/aromatic N) is 3. The smallest absolute Gasteiger partial charge is 0.328 e. The summed E-state index contributed by atoms with van der Waals surface area (Å²) in [6, 6.07) is 44.9. The van der Waals surface area contributed by atoms with E-state index in [4.69, 9.17) is 9.47 Å². The molecule has 5 aromatic carbocycles. The molecule has 0 saturated heterocycles. The third-order valence-corrected chi connectivity index (χ3v) is 8.51. The predicted molar refractivity (Wildman–Crippen MR) is 190 cm³/mol. The van der Waals surface area contributed by atoms with Crippen molar-refractivity contribution in [3.8, 4) is 17.5 Å². The van der Waals surface area contributed by atoms with Gasteiger partial charge in [0.25, 0.3) is 0 Å². The van der Waals surface area contributed by atoms with Crippen LogP contribution < -0.4 is 25.4 Å². The number of aromatic amines is 1. The lowest BCUT2D eigenvalue weighted by molar-refractivity contribution is 0.367. The number of hydrogen-bond donors (Lipinski definition) is 4. The van der Waals surface area contributed by atoms with Crippen molar-refractivity contribution >= 4 is 39.9 Å². The van der Waals surface area contributed by atoms with Crippen LogP contribution in [0.2, 0.25) is 0 Å². The molecule has 48 heavy (non-hydrogen) atoms. The van der Waals surface area contributed by atoms with Crippen LogP contribution in [0.3, 0.4) is 0 Å². The maximum Gasteiger partial charge on any atom is 0.328 e. The molecule has 0 fully saturated rings. The van der Waals surface area contributed by atoms with Crippen LogP contribution in [-0.4, -0.2) is 33.1 Å². The number of ether oxygens (including phenoxy) is 2. The van der Waals surface area contributed by atoms with Crippen LogP contribution in [0, 0.1) is 0 Å². The normalized spacial score (nSPS) is 14.1. The zero-order valence-corrected chi connectivity index (χ0v) is 26.2. The molecule has 1 aliphatic rings. The lowest BCUT2D eigenvalue weighted by Crippen LogP contribution is -2.26. The highest BCUT2D eigenvalue weighted by Crippen LogP contribution is 2.41. The van der Waals surface area contributed by atoms with Gasteiger partial charge in [-0.2, -0.15) is 15.0 Å². The zero-order valence-electron chi connectivity index (χ0n) is 26.2. The number of aromatic nitrogens is 4. The standard InChI is InChI=1S/C39H33N7O2/c1-47-34-21-20-27(36(32-22-25-12-8-10-18-30(25)42-32)33-23-26-13-9-11-19-31(26)43-33)24-35(34)48-39-45-37(40-28-14-4-2-5-15-28)44-38(46-39)41-29-16-6-3-7-17-29/h2-22,24,33,36,42-43H,23H2,1H3,(H2,40,41,44,45,46). The van der Waals surface area contributed by atoms with Crippen LogP contribution in [-0.2, 0) is 6.42 Å². The summed E-state index contributed by atoms with van der Waals surface area (Å²) in [6.45, 7) is 0. The fourth-order valence-corrected chi connectivity index (χ4v) is 6.30. The van der Waals surface area contributed by atoms with E-state index in [2.05, 4.69) is 96.5 Å². The molecule has 0 amide bonds. The SMILES string of the molecule is COc1ccc(C(c2cc3ccccc3[nH]2)C2Cc3ccccc3N2)cc1Oc1nc(Nc2ccccc2)nc(Nc2ccccc2)n1. The Hall–Kier alpha value is -6.35. The second kappa shape index (κ2) is 12.8. The fraction of sp³-hybridized carbons (Fsp3) is 0.103. The van der Waals surface area contributed by atoms with E-state index in [1.54, 1.807) is 7.11 Å². The molecule has 7 aromatic rings. The van der Waals surface area contributed by atoms with Crippen molar-refractivity contribution in [1.82, 2.24) is 19.9 Å². The van der Waals surface area contributed by atoms with Gasteiger partial charge >= 0.3 is 6.01 Å². The predicted octanol–water partition coefficient (Wildman–Crippen LogP) is 8.81. The van der Waals surface area contributed by atoms with Crippen molar-refractivity contribution in [2.75, 3.05) is 23.1 Å². The van der Waals surface area contributed by atoms with E-state index >= 15 is 0 Å². The van der Waals surface area contributed by atoms with Gasteiger partial charge in [0.05, 0.1) is 7.11 Å². The van der Waals surface area contributed by atoms with Gasteiger partial charge in [-0.05, 0) is 77.5 Å². The molecular formula is C39H33N7O2. The Kier molecular flexibility index (Phi) is 7.76. The van der Waals surface area contributed by atoms with Crippen molar-refractivity contribution < 1.29 is 9.47 Å². The summed E-state index contributed by atoms with van der Waals surface area (Å²) < 4.78 is 12.3. The minimum absolute atomic E-state index is 0.0259. The van der Waals surface area contributed by atoms with Crippen molar-refractivity contribution in [1.29, 1.82) is 0 Å². The molecule has 1 aliphatic heterocycles. The number of methoxy groups -OCH3 is 1. The molecule has 236 valence electrons. The first-order valence-electron chi connectivity index (χ1n) is 15.9. The topological polar surface area (TPSA) is 109 Å². The van der Waals surface area contributed by atoms with E-state index in [0.29, 0.717) is 23.4 Å². The number of H-pyrrole nitrogens is 1. The monoisotopic (exact) mass is 631 g/mol. The molecule has 0 spiro atoms. The van der Waals surface area contributed by atoms with Crippen LogP contribution in [0.5, 0.6) is 17.5 Å². The molecule has 2 aromatic heterocycles. The molecule has 3 heterocycles. The molecule has 9 heteroatoms. The number of hydrogen-bond acceptors (Lipinski definition) is 8. The van der Waals surface area contributed by atoms with E-state index in [1.165, 1.54) is 10.9 Å². The number of anilines is 5. The highest BCUT2D eigenvalue weighted by atomic mass is 16.5. The summed E-state index contributed by atoms with van der Waals surface area (Å²) in [5.74, 6) is 1.70. The fourth-order valence-electron chi connectivity index (χ4n) is 6.30. The van der Waals surface area contributed by atoms with Crippen LogP contribution in [0.1, 0.15) is 22.7 Å². The summed E-state index contributed by atoms with van der Waals surface area (Å²) in [5.41, 5.74) is 7.41. The van der Waals surface area contributed by atoms with Crippen molar-refractivity contribution in [3.05, 3.63) is 150 Å². The van der Waals surface area contributed by atoms with Crippen LogP contribution in [0.15, 0.2) is 133 Å². The van der Waals surface area contributed by atoms with Gasteiger partial charge in [0.2, 0.25) is 11.9 Å². The molecule has 4 N–H and O–H groups in total. The average Bonchev–Trinajstić information content (AvgIpc) is 3.74. The minimum Gasteiger partial charge on any atom is -0.493 e. The Morgan fingerprint density at radius 3 is 2.04 bits per heavy atom. The lowest BCUT2D eigenvalue weighted by Gasteiger charge is -2.25. The molecule has 0 saturated carbocycles. The third-order valence-electron chi connectivity index (χ3n) is 8.51. The maximum absolute atomic E-state index is 6.47. The molecule has 2 atom stereocenters. The van der Waals surface area contributed by atoms with E-state index in [0.717, 1.165) is 40.3 Å². The summed E-state index contributed by atoms with van der Waals surface area (Å²) in [5, 5.41) is 11.5. The summed E-state index contributed by atoms with van der Waals surface area (Å²) >= 11 is 0. The van der Waals surface area contributed by atoms with E-state index in [1.807, 2.05) is 72.8 Å². The average molecular weight is 632 g/mol. The van der Waals surface area contributed by atoms with Gasteiger partial charge in [0, 0.05) is 40.2 Å². The lowest BCUT2D eigenvalue weighted by atomic mass is 9.86. The largest absolute Gasteiger partial charge is 0.493 e. The molecule has 2 unspecified atom stereocenters. The van der Waals surface area contributed by atoms with Crippen LogP contribution in [0.4, 0.5) is 29.0 Å². The van der Waals surface area contributed by atoms with Crippen molar-refractivity contribution in [2.45, 2.75) is 18.4 Å². The van der Waals surface area contributed by atoms with E-state index in [9.17, 15) is 0 Å². The van der Waals surface area contributed by atoms with E-state index < -0.39 is 0 Å². The number of nitrogens with one attached hydrogen (secondary N) is 4. The van der Waals surface area contributed by atoms with Gasteiger partial charge in [-0.25, -0.2) is 0 Å². The van der Waals surface area contributed by atoms with E-state index in [-0.39, 0.29) is 18.0 Å². The highest BCUT2D eigenvalue weighted by Gasteiger charge is 2.32. The minimum atomic E-state index is -0.0259. The zero-order chi connectivity index (χ0) is 32.3. The molecule has 0 bridgehead atoms. The Balaban J connectivity index is 1.18. The quantitative estimate of drug-likeness (QED) is 0.119. The Morgan fingerprint density at radius 2 is 1.35 bits per heavy atom. The van der Waals surface area contributed by atoms with Crippen molar-refractivity contribution in [3.63, 3.8) is 0 Å². The first kappa shape index (κ1) is 29.1. The van der Waals surface area contributed by atoms with Crippen LogP contribution in [0.25, 0.3) is 10.9 Å². The number of benzene rings is 5. The Morgan fingerprint density at radius 1 is 0.688 bits per heavy atom. The van der Waals surface area contributed by atoms with Crippen molar-refractivity contribution in [2.24, 2.45) is 0 Å². The van der Waals surface area contributed by atoms with Gasteiger partial charge in [-0.15, -0.1) is 0 Å². The first-order chi connectivity index (χ1) is 23.7. The summed E-state index contributed by atoms with van der Waals surface area (Å²) in [7, 11) is 1.63. The van der Waals surface area contributed by atoms with Gasteiger partial charge in [-0.1, -0.05) is 78.9 Å². The first-order valence-corrected chi connectivity index (χ1v) is 15.9. The molecular weight excluding hydrogens is 598 g/mol. The Labute approximate surface area is 278 Å². The van der Waals surface area contributed by atoms with Gasteiger partial charge in [0.15, 0.2) is 11.5 Å². The highest BCUT2D eigenvalue weighted by molar-refractivity contribution is 5.81. The van der Waals surface area contributed by atoms with Gasteiger partial charge in [0.1, 0.15) is 0 Å². The maximum atomic E-state index is 6.47. The van der Waals surface area contributed by atoms with Crippen LogP contribution >= 0.6 is 0 Å². The molecule has 8 rings (SSSR count). The second-order valence-corrected chi connectivity index (χ2v) is 11.7. The van der Waals surface area contributed by atoms with Gasteiger partial charge in [-0.3, -0.25) is 0 Å². The number of fused-ring (bicyclic) bond motifs is 2. The third kappa shape index (κ3) is 6.09. The van der Waals surface area contributed by atoms with Gasteiger partial charge < -0.3 is 30.4 Å². The molecule has 0 radical (unpaired) electrons. The molecule has 9 nitrogen and oxygen atoms in total. The Bertz CT molecular complexity index is 2070. The summed E-state index contributed by atoms with van der Waals surface area (Å²) in [6.07, 6.45) is 0.884. The number of para-hydroxylation sites is 4. The molecule has 0 aliphatic carbocycles. The summed E-state index contributed by atoms with van der Waals surface area (Å²) in [4.78, 5) is 17.6.